The molecule has 3 aliphatic rings. The van der Waals surface area contributed by atoms with Crippen LogP contribution in [-0.2, 0) is 14.4 Å². The van der Waals surface area contributed by atoms with Gasteiger partial charge in [-0.05, 0) is 38.6 Å². The third-order valence-electron chi connectivity index (χ3n) is 8.06. The molecule has 0 bridgehead atoms. The van der Waals surface area contributed by atoms with E-state index in [2.05, 4.69) is 40.8 Å². The third-order valence-corrected chi connectivity index (χ3v) is 8.06. The van der Waals surface area contributed by atoms with Gasteiger partial charge in [0.25, 0.3) is 5.91 Å². The van der Waals surface area contributed by atoms with Gasteiger partial charge in [-0.2, -0.15) is 5.10 Å². The van der Waals surface area contributed by atoms with Crippen molar-refractivity contribution < 1.29 is 19.2 Å². The molecule has 2 atom stereocenters. The molecule has 0 unspecified atom stereocenters. The molecule has 0 radical (unpaired) electrons. The van der Waals surface area contributed by atoms with Crippen molar-refractivity contribution in [3.05, 3.63) is 24.3 Å². The average Bonchev–Trinajstić information content (AvgIpc) is 3.85. The van der Waals surface area contributed by atoms with E-state index < -0.39 is 6.04 Å². The van der Waals surface area contributed by atoms with E-state index >= 15 is 0 Å². The van der Waals surface area contributed by atoms with Crippen molar-refractivity contribution in [1.82, 2.24) is 45.5 Å². The first-order chi connectivity index (χ1) is 20.8. The normalized spacial score (nSPS) is 20.4. The number of hydrogen-bond acceptors (Lipinski definition) is 10. The van der Waals surface area contributed by atoms with Crippen molar-refractivity contribution in [3.63, 3.8) is 0 Å². The molecule has 0 aromatic carbocycles. The predicted octanol–water partition coefficient (Wildman–Crippen LogP) is -1.95. The minimum atomic E-state index is -1.01. The van der Waals surface area contributed by atoms with Gasteiger partial charge >= 0.3 is 0 Å². The number of carbonyl (C=O) groups excluding carboxylic acids is 4. The summed E-state index contributed by atoms with van der Waals surface area (Å²) >= 11 is 0. The van der Waals surface area contributed by atoms with Crippen LogP contribution < -0.4 is 21.8 Å². The van der Waals surface area contributed by atoms with Gasteiger partial charge in [-0.1, -0.05) is 0 Å². The zero-order valence-corrected chi connectivity index (χ0v) is 25.0. The Labute approximate surface area is 252 Å². The quantitative estimate of drug-likeness (QED) is 0.0812. The smallest absolute Gasteiger partial charge is 0.271 e. The van der Waals surface area contributed by atoms with E-state index in [-0.39, 0.29) is 67.3 Å². The van der Waals surface area contributed by atoms with E-state index in [4.69, 9.17) is 5.84 Å². The van der Waals surface area contributed by atoms with Gasteiger partial charge in [0, 0.05) is 77.3 Å². The highest BCUT2D eigenvalue weighted by Crippen LogP contribution is 2.27. The van der Waals surface area contributed by atoms with E-state index in [0.717, 1.165) is 65.0 Å². The first-order valence-corrected chi connectivity index (χ1v) is 15.1. The molecule has 15 heteroatoms. The fraction of sp³-hybridized carbons (Fsp3) is 0.679. The van der Waals surface area contributed by atoms with Gasteiger partial charge in [0.1, 0.15) is 18.1 Å². The van der Waals surface area contributed by atoms with E-state index in [9.17, 15) is 19.2 Å². The van der Waals surface area contributed by atoms with E-state index in [0.29, 0.717) is 6.54 Å². The summed E-state index contributed by atoms with van der Waals surface area (Å²) in [5.74, 6) is 4.24. The van der Waals surface area contributed by atoms with Gasteiger partial charge in [0.15, 0.2) is 0 Å². The topological polar surface area (TPSA) is 181 Å². The van der Waals surface area contributed by atoms with Gasteiger partial charge in [0.2, 0.25) is 17.7 Å². The Hall–Kier alpha value is -3.85. The summed E-state index contributed by atoms with van der Waals surface area (Å²) in [5, 5.41) is 12.2. The summed E-state index contributed by atoms with van der Waals surface area (Å²) in [5.41, 5.74) is 0.189. The molecule has 1 saturated carbocycles. The molecular formula is C28H45N11O4. The lowest BCUT2D eigenvalue weighted by Crippen LogP contribution is -2.55. The minimum Gasteiger partial charge on any atom is -0.361 e. The molecule has 2 aliphatic heterocycles. The summed E-state index contributed by atoms with van der Waals surface area (Å²) in [6.07, 6.45) is 9.36. The minimum absolute atomic E-state index is 0.0124. The molecule has 236 valence electrons. The molecule has 0 spiro atoms. The van der Waals surface area contributed by atoms with Crippen LogP contribution in [0.2, 0.25) is 0 Å². The number of hydrogen-bond donors (Lipinski definition) is 4. The molecule has 4 rings (SSSR count). The van der Waals surface area contributed by atoms with E-state index in [1.807, 2.05) is 11.9 Å². The van der Waals surface area contributed by atoms with Crippen molar-refractivity contribution in [2.24, 2.45) is 16.9 Å². The fourth-order valence-corrected chi connectivity index (χ4v) is 5.48. The monoisotopic (exact) mass is 599 g/mol. The second-order valence-electron chi connectivity index (χ2n) is 11.6. The van der Waals surface area contributed by atoms with Crippen molar-refractivity contribution in [2.45, 2.75) is 44.2 Å². The van der Waals surface area contributed by atoms with Crippen LogP contribution in [0.5, 0.6) is 0 Å². The van der Waals surface area contributed by atoms with Crippen molar-refractivity contribution in [2.75, 3.05) is 72.5 Å². The summed E-state index contributed by atoms with van der Waals surface area (Å²) in [6.45, 7) is 5.94. The lowest BCUT2D eigenvalue weighted by atomic mass is 9.98. The standard InChI is InChI=1S/C28H45N11O4/c1-36-11-13-37(14-12-36)19-26(41)35-23(15-25(40)33-16-21-3-2-9-38(18-21)20-34-29)28(43)39(22-4-5-22)10-8-32-27(42)24-17-30-6-7-31-24/h6-7,17,20-23H,2-5,8-16,18-19,29H2,1H3,(H,32,42)(H,33,40)(H,35,41)/t21-,23-/m0/s1. The SMILES string of the molecule is CN1CCN(CC(=O)N[C@@H](CC(=O)NC[C@@H]2CCCN(C=NN)C2)C(=O)N(CCNC(=O)c2cnccn2)C2CC2)CC1. The van der Waals surface area contributed by atoms with Crippen molar-refractivity contribution >= 4 is 30.0 Å². The Balaban J connectivity index is 1.35. The molecular weight excluding hydrogens is 554 g/mol. The predicted molar refractivity (Wildman–Crippen MR) is 160 cm³/mol. The van der Waals surface area contributed by atoms with Crippen molar-refractivity contribution in [1.29, 1.82) is 0 Å². The molecule has 3 heterocycles. The second-order valence-corrected chi connectivity index (χ2v) is 11.6. The maximum atomic E-state index is 13.8. The van der Waals surface area contributed by atoms with Crippen LogP contribution in [-0.4, -0.2) is 144 Å². The lowest BCUT2D eigenvalue weighted by Gasteiger charge is -2.33. The Morgan fingerprint density at radius 3 is 2.58 bits per heavy atom. The van der Waals surface area contributed by atoms with Crippen LogP contribution in [0.25, 0.3) is 0 Å². The maximum absolute atomic E-state index is 13.8. The number of piperazine rings is 1. The number of carbonyl (C=O) groups is 4. The molecule has 2 saturated heterocycles. The van der Waals surface area contributed by atoms with Gasteiger partial charge in [-0.3, -0.25) is 29.1 Å². The Bertz CT molecular complexity index is 1110. The molecule has 1 aromatic rings. The number of hydrazone groups is 1. The largest absolute Gasteiger partial charge is 0.361 e. The number of nitrogens with zero attached hydrogens (tertiary/aromatic N) is 7. The number of nitrogens with two attached hydrogens (primary N) is 1. The Morgan fingerprint density at radius 1 is 1.09 bits per heavy atom. The summed E-state index contributed by atoms with van der Waals surface area (Å²) < 4.78 is 0. The highest BCUT2D eigenvalue weighted by atomic mass is 16.2. The van der Waals surface area contributed by atoms with Gasteiger partial charge in [0.05, 0.1) is 19.2 Å². The first-order valence-electron chi connectivity index (χ1n) is 15.1. The zero-order valence-electron chi connectivity index (χ0n) is 25.0. The third kappa shape index (κ3) is 10.4. The van der Waals surface area contributed by atoms with Crippen LogP contribution in [0.4, 0.5) is 0 Å². The van der Waals surface area contributed by atoms with Gasteiger partial charge in [-0.15, -0.1) is 0 Å². The van der Waals surface area contributed by atoms with Crippen LogP contribution in [0, 0.1) is 5.92 Å². The molecule has 3 fully saturated rings. The van der Waals surface area contributed by atoms with Crippen LogP contribution >= 0.6 is 0 Å². The zero-order chi connectivity index (χ0) is 30.6. The molecule has 5 N–H and O–H groups in total. The first kappa shape index (κ1) is 32.1. The average molecular weight is 600 g/mol. The highest BCUT2D eigenvalue weighted by Gasteiger charge is 2.37. The number of likely N-dealkylation sites (N-methyl/N-ethyl adjacent to an activating group) is 1. The fourth-order valence-electron chi connectivity index (χ4n) is 5.48. The van der Waals surface area contributed by atoms with Gasteiger partial charge < -0.3 is 36.5 Å². The summed E-state index contributed by atoms with van der Waals surface area (Å²) in [6, 6.07) is -0.998. The van der Waals surface area contributed by atoms with Gasteiger partial charge in [-0.25, -0.2) is 4.98 Å². The van der Waals surface area contributed by atoms with E-state index in [1.165, 1.54) is 18.6 Å². The maximum Gasteiger partial charge on any atom is 0.271 e. The Morgan fingerprint density at radius 2 is 1.88 bits per heavy atom. The Kier molecular flexibility index (Phi) is 12.0. The number of piperidine rings is 1. The molecule has 4 amide bonds. The second kappa shape index (κ2) is 16.1. The van der Waals surface area contributed by atoms with Crippen LogP contribution in [0.3, 0.4) is 0 Å². The highest BCUT2D eigenvalue weighted by molar-refractivity contribution is 5.93. The van der Waals surface area contributed by atoms with Crippen LogP contribution in [0.15, 0.2) is 23.7 Å². The molecule has 43 heavy (non-hydrogen) atoms. The molecule has 1 aromatic heterocycles. The molecule has 1 aliphatic carbocycles. The number of rotatable bonds is 14. The van der Waals surface area contributed by atoms with Crippen LogP contribution in [0.1, 0.15) is 42.6 Å². The number of aromatic nitrogens is 2. The summed E-state index contributed by atoms with van der Waals surface area (Å²) in [4.78, 5) is 68.3. The number of likely N-dealkylation sites (tertiary alicyclic amines) is 1. The lowest BCUT2D eigenvalue weighted by molar-refractivity contribution is -0.139. The number of amides is 4. The summed E-state index contributed by atoms with van der Waals surface area (Å²) in [7, 11) is 2.05. The number of nitrogens with one attached hydrogen (secondary N) is 3. The van der Waals surface area contributed by atoms with Crippen molar-refractivity contribution in [3.8, 4) is 0 Å². The molecule has 15 nitrogen and oxygen atoms in total. The van der Waals surface area contributed by atoms with E-state index in [1.54, 1.807) is 11.2 Å².